The van der Waals surface area contributed by atoms with Gasteiger partial charge < -0.3 is 16.2 Å². The maximum absolute atomic E-state index is 5.71. The first-order valence-electron chi connectivity index (χ1n) is 5.08. The second kappa shape index (κ2) is 6.35. The molecule has 0 aromatic carbocycles. The molecule has 0 amide bonds. The maximum atomic E-state index is 5.71. The summed E-state index contributed by atoms with van der Waals surface area (Å²) in [6.45, 7) is 8.11. The van der Waals surface area contributed by atoms with Gasteiger partial charge in [0, 0.05) is 12.1 Å². The molecule has 4 N–H and O–H groups in total. The van der Waals surface area contributed by atoms with E-state index >= 15 is 0 Å². The van der Waals surface area contributed by atoms with Gasteiger partial charge in [0.1, 0.15) is 0 Å². The second-order valence-electron chi connectivity index (χ2n) is 4.18. The van der Waals surface area contributed by atoms with E-state index in [-0.39, 0.29) is 24.3 Å². The summed E-state index contributed by atoms with van der Waals surface area (Å²) in [7, 11) is 0. The standard InChI is InChI=1S/C10H24N2O/c1-7(11)5-9(3)13-10(4)6-8(2)12/h7-10H,5-6,11-12H2,1-4H3. The van der Waals surface area contributed by atoms with Gasteiger partial charge in [-0.15, -0.1) is 0 Å². The predicted octanol–water partition coefficient (Wildman–Crippen LogP) is 1.25. The lowest BCUT2D eigenvalue weighted by molar-refractivity contribution is -0.00456. The Bertz CT molecular complexity index is 112. The zero-order valence-electron chi connectivity index (χ0n) is 9.29. The van der Waals surface area contributed by atoms with Crippen molar-refractivity contribution in [3.05, 3.63) is 0 Å². The summed E-state index contributed by atoms with van der Waals surface area (Å²) in [4.78, 5) is 0. The minimum Gasteiger partial charge on any atom is -0.375 e. The molecule has 0 fully saturated rings. The third-order valence-electron chi connectivity index (χ3n) is 1.87. The fraction of sp³-hybridized carbons (Fsp3) is 1.00. The quantitative estimate of drug-likeness (QED) is 0.659. The van der Waals surface area contributed by atoms with E-state index in [1.165, 1.54) is 0 Å². The van der Waals surface area contributed by atoms with Crippen molar-refractivity contribution in [1.82, 2.24) is 0 Å². The van der Waals surface area contributed by atoms with Crippen molar-refractivity contribution >= 4 is 0 Å². The van der Waals surface area contributed by atoms with Crippen LogP contribution < -0.4 is 11.5 Å². The molecule has 0 aliphatic heterocycles. The number of nitrogens with two attached hydrogens (primary N) is 2. The molecule has 0 saturated carbocycles. The summed E-state index contributed by atoms with van der Waals surface area (Å²) in [6.07, 6.45) is 2.27. The van der Waals surface area contributed by atoms with Crippen molar-refractivity contribution in [1.29, 1.82) is 0 Å². The molecule has 80 valence electrons. The van der Waals surface area contributed by atoms with Crippen LogP contribution in [-0.4, -0.2) is 24.3 Å². The van der Waals surface area contributed by atoms with Crippen LogP contribution in [0.5, 0.6) is 0 Å². The van der Waals surface area contributed by atoms with E-state index < -0.39 is 0 Å². The molecular weight excluding hydrogens is 164 g/mol. The molecule has 0 aromatic rings. The highest BCUT2D eigenvalue weighted by Crippen LogP contribution is 2.08. The van der Waals surface area contributed by atoms with Crippen molar-refractivity contribution in [2.75, 3.05) is 0 Å². The van der Waals surface area contributed by atoms with E-state index in [4.69, 9.17) is 16.2 Å². The van der Waals surface area contributed by atoms with Crippen LogP contribution in [0.4, 0.5) is 0 Å². The lowest BCUT2D eigenvalue weighted by Crippen LogP contribution is -2.29. The fourth-order valence-corrected chi connectivity index (χ4v) is 1.55. The molecule has 13 heavy (non-hydrogen) atoms. The SMILES string of the molecule is CC(N)CC(C)OC(C)CC(C)N. The highest BCUT2D eigenvalue weighted by Gasteiger charge is 2.11. The van der Waals surface area contributed by atoms with Crippen LogP contribution in [0.2, 0.25) is 0 Å². The van der Waals surface area contributed by atoms with Crippen LogP contribution in [-0.2, 0) is 4.74 Å². The molecule has 0 aliphatic carbocycles. The van der Waals surface area contributed by atoms with Gasteiger partial charge in [-0.3, -0.25) is 0 Å². The Morgan fingerprint density at radius 3 is 1.38 bits per heavy atom. The average Bonchev–Trinajstić information content (AvgIpc) is 1.80. The Morgan fingerprint density at radius 1 is 0.846 bits per heavy atom. The third kappa shape index (κ3) is 8.22. The lowest BCUT2D eigenvalue weighted by Gasteiger charge is -2.21. The van der Waals surface area contributed by atoms with Crippen LogP contribution in [0.25, 0.3) is 0 Å². The molecule has 0 heterocycles. The molecule has 0 spiro atoms. The van der Waals surface area contributed by atoms with Gasteiger partial charge in [0.15, 0.2) is 0 Å². The number of hydrogen-bond acceptors (Lipinski definition) is 3. The molecule has 3 heteroatoms. The molecule has 0 aromatic heterocycles. The maximum Gasteiger partial charge on any atom is 0.0565 e. The van der Waals surface area contributed by atoms with E-state index in [9.17, 15) is 0 Å². The molecule has 0 saturated heterocycles. The summed E-state index contributed by atoms with van der Waals surface area (Å²) in [5.41, 5.74) is 11.3. The first-order valence-corrected chi connectivity index (χ1v) is 5.08. The van der Waals surface area contributed by atoms with E-state index in [0.29, 0.717) is 0 Å². The molecule has 0 aliphatic rings. The topological polar surface area (TPSA) is 61.3 Å². The summed E-state index contributed by atoms with van der Waals surface area (Å²) in [5, 5.41) is 0. The minimum absolute atomic E-state index is 0.206. The Kier molecular flexibility index (Phi) is 6.29. The lowest BCUT2D eigenvalue weighted by atomic mass is 10.1. The summed E-state index contributed by atoms with van der Waals surface area (Å²) < 4.78 is 5.71. The van der Waals surface area contributed by atoms with E-state index in [1.807, 2.05) is 13.8 Å². The summed E-state index contributed by atoms with van der Waals surface area (Å²) in [6, 6.07) is 0.412. The van der Waals surface area contributed by atoms with Crippen LogP contribution in [0.1, 0.15) is 40.5 Å². The number of hydrogen-bond donors (Lipinski definition) is 2. The Balaban J connectivity index is 3.58. The first kappa shape index (κ1) is 12.9. The normalized spacial score (nSPS) is 20.8. The van der Waals surface area contributed by atoms with Crippen LogP contribution in [0, 0.1) is 0 Å². The van der Waals surface area contributed by atoms with Crippen LogP contribution >= 0.6 is 0 Å². The van der Waals surface area contributed by atoms with Gasteiger partial charge in [-0.25, -0.2) is 0 Å². The zero-order chi connectivity index (χ0) is 10.4. The molecule has 4 atom stereocenters. The molecule has 0 rings (SSSR count). The van der Waals surface area contributed by atoms with Crippen molar-refractivity contribution in [2.24, 2.45) is 11.5 Å². The summed E-state index contributed by atoms with van der Waals surface area (Å²) >= 11 is 0. The van der Waals surface area contributed by atoms with Gasteiger partial charge in [0.2, 0.25) is 0 Å². The molecule has 4 unspecified atom stereocenters. The molecule has 0 radical (unpaired) electrons. The fourth-order valence-electron chi connectivity index (χ4n) is 1.55. The Hall–Kier alpha value is -0.120. The van der Waals surface area contributed by atoms with Crippen molar-refractivity contribution < 1.29 is 4.74 Å². The zero-order valence-corrected chi connectivity index (χ0v) is 9.29. The predicted molar refractivity (Wildman–Crippen MR) is 56.5 cm³/mol. The monoisotopic (exact) mass is 188 g/mol. The van der Waals surface area contributed by atoms with Gasteiger partial charge in [-0.2, -0.15) is 0 Å². The van der Waals surface area contributed by atoms with Gasteiger partial charge in [0.05, 0.1) is 12.2 Å². The highest BCUT2D eigenvalue weighted by molar-refractivity contribution is 4.64. The first-order chi connectivity index (χ1) is 5.91. The number of ether oxygens (including phenoxy) is 1. The largest absolute Gasteiger partial charge is 0.375 e. The second-order valence-corrected chi connectivity index (χ2v) is 4.18. The van der Waals surface area contributed by atoms with Crippen molar-refractivity contribution in [3.63, 3.8) is 0 Å². The third-order valence-corrected chi connectivity index (χ3v) is 1.87. The van der Waals surface area contributed by atoms with Gasteiger partial charge in [-0.05, 0) is 40.5 Å². The number of rotatable bonds is 6. The Labute approximate surface area is 81.8 Å². The molecular formula is C10H24N2O. The highest BCUT2D eigenvalue weighted by atomic mass is 16.5. The minimum atomic E-state index is 0.206. The van der Waals surface area contributed by atoms with Crippen LogP contribution in [0.15, 0.2) is 0 Å². The van der Waals surface area contributed by atoms with Crippen molar-refractivity contribution in [2.45, 2.75) is 64.8 Å². The van der Waals surface area contributed by atoms with Crippen molar-refractivity contribution in [3.8, 4) is 0 Å². The van der Waals surface area contributed by atoms with E-state index in [2.05, 4.69) is 13.8 Å². The van der Waals surface area contributed by atoms with E-state index in [1.54, 1.807) is 0 Å². The smallest absolute Gasteiger partial charge is 0.0565 e. The molecule has 0 bridgehead atoms. The van der Waals surface area contributed by atoms with Gasteiger partial charge in [0.25, 0.3) is 0 Å². The summed E-state index contributed by atoms with van der Waals surface area (Å²) in [5.74, 6) is 0. The van der Waals surface area contributed by atoms with E-state index in [0.717, 1.165) is 12.8 Å². The van der Waals surface area contributed by atoms with Gasteiger partial charge >= 0.3 is 0 Å². The molecule has 3 nitrogen and oxygen atoms in total. The Morgan fingerprint density at radius 2 is 1.15 bits per heavy atom. The van der Waals surface area contributed by atoms with Gasteiger partial charge in [-0.1, -0.05) is 0 Å². The van der Waals surface area contributed by atoms with Crippen LogP contribution in [0.3, 0.4) is 0 Å². The average molecular weight is 188 g/mol.